The summed E-state index contributed by atoms with van der Waals surface area (Å²) in [6, 6.07) is 6.26. The van der Waals surface area contributed by atoms with Crippen LogP contribution in [-0.2, 0) is 32.5 Å². The van der Waals surface area contributed by atoms with E-state index in [0.29, 0.717) is 54.7 Å². The lowest BCUT2D eigenvalue weighted by Gasteiger charge is -2.31. The molecular weight excluding hydrogens is 601 g/mol. The monoisotopic (exact) mass is 646 g/mol. The van der Waals surface area contributed by atoms with Gasteiger partial charge in [0.1, 0.15) is 5.00 Å². The number of nitrogens with zero attached hydrogens (tertiary/aromatic N) is 3. The number of anilines is 1. The molecule has 0 bridgehead atoms. The Labute approximate surface area is 265 Å². The number of hydrogen-bond donors (Lipinski definition) is 1. The molecule has 242 valence electrons. The third-order valence-electron chi connectivity index (χ3n) is 8.36. The summed E-state index contributed by atoms with van der Waals surface area (Å²) in [5.41, 5.74) is 1.92. The Morgan fingerprint density at radius 1 is 1.02 bits per heavy atom. The summed E-state index contributed by atoms with van der Waals surface area (Å²) in [6.45, 7) is 13.8. The second-order valence-electron chi connectivity index (χ2n) is 11.7. The van der Waals surface area contributed by atoms with E-state index in [1.807, 2.05) is 4.90 Å². The van der Waals surface area contributed by atoms with Crippen LogP contribution in [0.3, 0.4) is 0 Å². The van der Waals surface area contributed by atoms with Gasteiger partial charge in [0.2, 0.25) is 10.0 Å². The normalized spacial score (nSPS) is 16.5. The molecule has 2 aliphatic rings. The average Bonchev–Trinajstić information content (AvgIpc) is 3.37. The predicted octanol–water partition coefficient (Wildman–Crippen LogP) is 4.99. The minimum Gasteiger partial charge on any atom is -0.466 e. The van der Waals surface area contributed by atoms with Gasteiger partial charge in [-0.1, -0.05) is 13.8 Å². The molecule has 3 heterocycles. The molecule has 0 radical (unpaired) electrons. The van der Waals surface area contributed by atoms with E-state index in [1.54, 1.807) is 6.92 Å². The lowest BCUT2D eigenvalue weighted by Crippen LogP contribution is -2.40. The second-order valence-corrected chi connectivity index (χ2v) is 14.8. The van der Waals surface area contributed by atoms with Crippen LogP contribution in [-0.4, -0.2) is 85.7 Å². The van der Waals surface area contributed by atoms with E-state index in [1.165, 1.54) is 39.9 Å². The molecule has 2 amide bonds. The van der Waals surface area contributed by atoms with Crippen molar-refractivity contribution in [3.05, 3.63) is 45.8 Å². The fraction of sp³-hybridized carbons (Fsp3) is 0.594. The summed E-state index contributed by atoms with van der Waals surface area (Å²) in [7, 11) is -3.78. The zero-order valence-electron chi connectivity index (χ0n) is 26.6. The number of piperidine rings is 1. The molecule has 1 aromatic heterocycles. The fourth-order valence-corrected chi connectivity index (χ4v) is 8.62. The summed E-state index contributed by atoms with van der Waals surface area (Å²) in [5, 5.41) is 3.56. The van der Waals surface area contributed by atoms with E-state index in [-0.39, 0.29) is 35.8 Å². The minimum atomic E-state index is -3.78. The van der Waals surface area contributed by atoms with Crippen LogP contribution in [0.2, 0.25) is 0 Å². The first-order valence-corrected chi connectivity index (χ1v) is 18.0. The van der Waals surface area contributed by atoms with Gasteiger partial charge in [0, 0.05) is 55.8 Å². The maximum Gasteiger partial charge on any atom is 0.309 e. The highest BCUT2D eigenvalue weighted by Gasteiger charge is 2.34. The summed E-state index contributed by atoms with van der Waals surface area (Å²) < 4.78 is 33.1. The summed E-state index contributed by atoms with van der Waals surface area (Å²) in [4.78, 5) is 44.8. The molecule has 0 unspecified atom stereocenters. The van der Waals surface area contributed by atoms with Gasteiger partial charge in [-0.15, -0.1) is 11.3 Å². The van der Waals surface area contributed by atoms with Crippen molar-refractivity contribution in [2.45, 2.75) is 84.2 Å². The predicted molar refractivity (Wildman–Crippen MR) is 173 cm³/mol. The molecule has 1 fully saturated rings. The average molecular weight is 647 g/mol. The largest absolute Gasteiger partial charge is 0.466 e. The number of hydrogen-bond acceptors (Lipinski definition) is 8. The third-order valence-corrected chi connectivity index (χ3v) is 11.4. The van der Waals surface area contributed by atoms with Crippen molar-refractivity contribution in [1.29, 1.82) is 0 Å². The zero-order chi connectivity index (χ0) is 32.0. The molecule has 12 heteroatoms. The summed E-state index contributed by atoms with van der Waals surface area (Å²) >= 11 is 1.46. The molecular formula is C32H46N4O6S2. The Kier molecular flexibility index (Phi) is 11.6. The topological polar surface area (TPSA) is 116 Å². The Bertz CT molecular complexity index is 1420. The number of esters is 1. The number of carbonyl (C=O) groups is 3. The highest BCUT2D eigenvalue weighted by atomic mass is 32.2. The number of ether oxygens (including phenoxy) is 1. The van der Waals surface area contributed by atoms with Crippen LogP contribution < -0.4 is 5.32 Å². The van der Waals surface area contributed by atoms with Gasteiger partial charge in [0.05, 0.1) is 23.0 Å². The zero-order valence-corrected chi connectivity index (χ0v) is 28.2. The van der Waals surface area contributed by atoms with Gasteiger partial charge < -0.3 is 15.0 Å². The number of sulfonamides is 1. The third kappa shape index (κ3) is 7.52. The molecule has 1 N–H and O–H groups in total. The van der Waals surface area contributed by atoms with Gasteiger partial charge in [0.25, 0.3) is 11.8 Å². The maximum atomic E-state index is 13.9. The molecule has 4 rings (SSSR count). The van der Waals surface area contributed by atoms with Crippen molar-refractivity contribution < 1.29 is 27.5 Å². The standard InChI is InChI=1S/C32H46N4O6S2/c1-6-16-34(17-7-2)31(38)28-26-15-18-35(22(4)5)21-27(26)43-30(28)33-29(37)23-9-11-25(12-10-23)44(40,41)36-19-13-24(14-20-36)32(39)42-8-3/h9-12,22,24H,6-8,13-21H2,1-5H3,(H,33,37). The molecule has 0 saturated carbocycles. The number of carbonyl (C=O) groups excluding carboxylic acids is 3. The van der Waals surface area contributed by atoms with Crippen LogP contribution in [0.1, 0.15) is 91.5 Å². The number of thiophene rings is 1. The van der Waals surface area contributed by atoms with E-state index < -0.39 is 15.9 Å². The van der Waals surface area contributed by atoms with Crippen LogP contribution in [0.25, 0.3) is 0 Å². The molecule has 1 saturated heterocycles. The smallest absolute Gasteiger partial charge is 0.309 e. The first-order chi connectivity index (χ1) is 21.0. The molecule has 10 nitrogen and oxygen atoms in total. The lowest BCUT2D eigenvalue weighted by atomic mass is 9.98. The van der Waals surface area contributed by atoms with Crippen molar-refractivity contribution in [1.82, 2.24) is 14.1 Å². The Morgan fingerprint density at radius 3 is 2.23 bits per heavy atom. The van der Waals surface area contributed by atoms with Gasteiger partial charge >= 0.3 is 5.97 Å². The maximum absolute atomic E-state index is 13.9. The fourth-order valence-electron chi connectivity index (χ4n) is 5.89. The molecule has 0 atom stereocenters. The molecule has 0 aliphatic carbocycles. The Balaban J connectivity index is 1.53. The van der Waals surface area contributed by atoms with Crippen LogP contribution in [0.15, 0.2) is 29.2 Å². The van der Waals surface area contributed by atoms with Crippen molar-refractivity contribution in [2.24, 2.45) is 5.92 Å². The Hall–Kier alpha value is -2.80. The number of benzene rings is 1. The van der Waals surface area contributed by atoms with Crippen molar-refractivity contribution in [3.8, 4) is 0 Å². The second kappa shape index (κ2) is 15.0. The van der Waals surface area contributed by atoms with Crippen LogP contribution in [0.4, 0.5) is 5.00 Å². The van der Waals surface area contributed by atoms with E-state index in [4.69, 9.17) is 4.74 Å². The number of amides is 2. The molecule has 0 spiro atoms. The van der Waals surface area contributed by atoms with Crippen molar-refractivity contribution in [3.63, 3.8) is 0 Å². The summed E-state index contributed by atoms with van der Waals surface area (Å²) in [5.74, 6) is -1.02. The minimum absolute atomic E-state index is 0.0485. The molecule has 2 aromatic rings. The summed E-state index contributed by atoms with van der Waals surface area (Å²) in [6.07, 6.45) is 3.26. The SMILES string of the molecule is CCCN(CCC)C(=O)c1c(NC(=O)c2ccc(S(=O)(=O)N3CCC(C(=O)OCC)CC3)cc2)sc2c1CCN(C(C)C)C2. The quantitative estimate of drug-likeness (QED) is 0.323. The van der Waals surface area contributed by atoms with E-state index >= 15 is 0 Å². The molecule has 1 aromatic carbocycles. The van der Waals surface area contributed by atoms with E-state index in [2.05, 4.69) is 37.9 Å². The number of rotatable bonds is 12. The molecule has 2 aliphatic heterocycles. The highest BCUT2D eigenvalue weighted by Crippen LogP contribution is 2.39. The van der Waals surface area contributed by atoms with Gasteiger partial charge in [-0.2, -0.15) is 4.31 Å². The number of fused-ring (bicyclic) bond motifs is 1. The van der Waals surface area contributed by atoms with Crippen LogP contribution in [0.5, 0.6) is 0 Å². The van der Waals surface area contributed by atoms with Crippen LogP contribution in [0, 0.1) is 5.92 Å². The lowest BCUT2D eigenvalue weighted by molar-refractivity contribution is -0.149. The first kappa shape index (κ1) is 34.1. The van der Waals surface area contributed by atoms with E-state index in [9.17, 15) is 22.8 Å². The van der Waals surface area contributed by atoms with Gasteiger partial charge in [0.15, 0.2) is 0 Å². The van der Waals surface area contributed by atoms with Crippen molar-refractivity contribution in [2.75, 3.05) is 44.6 Å². The molecule has 44 heavy (non-hydrogen) atoms. The van der Waals surface area contributed by atoms with E-state index in [0.717, 1.165) is 42.8 Å². The van der Waals surface area contributed by atoms with Crippen molar-refractivity contribution >= 4 is 44.1 Å². The Morgan fingerprint density at radius 2 is 1.66 bits per heavy atom. The van der Waals surface area contributed by atoms with Gasteiger partial charge in [-0.3, -0.25) is 19.3 Å². The first-order valence-electron chi connectivity index (χ1n) is 15.8. The van der Waals surface area contributed by atoms with Gasteiger partial charge in [-0.25, -0.2) is 8.42 Å². The van der Waals surface area contributed by atoms with Gasteiger partial charge in [-0.05, 0) is 82.7 Å². The highest BCUT2D eigenvalue weighted by molar-refractivity contribution is 7.89. The number of nitrogens with one attached hydrogen (secondary N) is 1. The van der Waals surface area contributed by atoms with Crippen LogP contribution >= 0.6 is 11.3 Å².